The molecule has 4 atom stereocenters. The van der Waals surface area contributed by atoms with Crippen molar-refractivity contribution in [2.24, 2.45) is 17.8 Å². The van der Waals surface area contributed by atoms with Crippen molar-refractivity contribution in [3.63, 3.8) is 0 Å². The predicted molar refractivity (Wildman–Crippen MR) is 264 cm³/mol. The van der Waals surface area contributed by atoms with Gasteiger partial charge in [0.15, 0.2) is 0 Å². The van der Waals surface area contributed by atoms with Crippen LogP contribution >= 0.6 is 0 Å². The van der Waals surface area contributed by atoms with Gasteiger partial charge in [-0.1, -0.05) is 195 Å². The summed E-state index contributed by atoms with van der Waals surface area (Å²) in [7, 11) is 0. The van der Waals surface area contributed by atoms with Gasteiger partial charge in [-0.2, -0.15) is 0 Å². The van der Waals surface area contributed by atoms with Crippen molar-refractivity contribution < 1.29 is 29.6 Å². The van der Waals surface area contributed by atoms with Crippen LogP contribution in [0, 0.1) is 38.5 Å². The Hall–Kier alpha value is -0.154. The Kier molecular flexibility index (Phi) is 37.9. The minimum atomic E-state index is -0.955. The van der Waals surface area contributed by atoms with Crippen LogP contribution in [-0.2, 0) is 16.0 Å². The molecule has 0 aliphatic carbocycles. The normalized spacial score (nSPS) is 16.2. The van der Waals surface area contributed by atoms with Crippen LogP contribution in [0.25, 0.3) is 0 Å². The van der Waals surface area contributed by atoms with Crippen LogP contribution < -0.4 is 4.74 Å². The first-order chi connectivity index (χ1) is 28.7. The molecule has 1 heterocycles. The number of hydrogen-bond donors (Lipinski definition) is 3. The van der Waals surface area contributed by atoms with E-state index >= 15 is 0 Å². The van der Waals surface area contributed by atoms with E-state index in [1.165, 1.54) is 166 Å². The number of unbranched alkanes of at least 4 members (excludes halogenated alkanes) is 18. The molecule has 7 heteroatoms. The Bertz CT molecular complexity index is 1220. The number of aliphatic hydroxyl groups is 2. The molecular formula is C54H101KO6. The van der Waals surface area contributed by atoms with Gasteiger partial charge in [-0.3, -0.25) is 4.79 Å². The van der Waals surface area contributed by atoms with E-state index in [4.69, 9.17) is 19.7 Å². The number of phenolic OH excluding ortho intramolecular Hbond substituents is 1. The summed E-state index contributed by atoms with van der Waals surface area (Å²) in [6.45, 7) is 19.7. The van der Waals surface area contributed by atoms with Gasteiger partial charge in [-0.15, -0.1) is 0 Å². The molecule has 3 N–H and O–H groups in total. The van der Waals surface area contributed by atoms with E-state index < -0.39 is 6.10 Å². The molecule has 61 heavy (non-hydrogen) atoms. The van der Waals surface area contributed by atoms with Crippen molar-refractivity contribution in [1.29, 1.82) is 0 Å². The standard InChI is InChI=1S/C29H50O2.C25H50O4.K.H/c1-20(2)12-9-13-21(3)14-10-15-22(4)16-11-18-29(8)19-17-26-25(7)27(30)23(5)24(6)28(26)31-29;1-2-3-4-5-6-7-8-9-10-11-12-13-14-15-16-17-18-19-20-21-25(28)29-23-24(27)22-26;;/h20-22,30H,9-19H2,1-8H3;24,26-27H,2-23H2,1H3;;/t21-,22-,29-;;;/m1.../s1. The van der Waals surface area contributed by atoms with Gasteiger partial charge >= 0.3 is 57.4 Å². The third kappa shape index (κ3) is 29.9. The summed E-state index contributed by atoms with van der Waals surface area (Å²) in [6, 6.07) is 0. The molecule has 0 saturated carbocycles. The summed E-state index contributed by atoms with van der Waals surface area (Å²) in [6.07, 6.45) is 38.9. The third-order valence-electron chi connectivity index (χ3n) is 13.5. The minimum absolute atomic E-state index is 0. The molecule has 0 bridgehead atoms. The molecule has 0 saturated heterocycles. The molecule has 0 amide bonds. The summed E-state index contributed by atoms with van der Waals surface area (Å²) < 4.78 is 11.5. The fourth-order valence-electron chi connectivity index (χ4n) is 8.94. The number of aromatic hydroxyl groups is 1. The van der Waals surface area contributed by atoms with E-state index in [9.17, 15) is 9.90 Å². The number of esters is 1. The molecular weight excluding hydrogens is 784 g/mol. The molecule has 0 aromatic heterocycles. The van der Waals surface area contributed by atoms with Crippen LogP contribution in [-0.4, -0.2) is 97.6 Å². The first kappa shape index (κ1) is 60.8. The zero-order valence-corrected chi connectivity index (χ0v) is 41.2. The molecule has 0 fully saturated rings. The number of hydrogen-bond acceptors (Lipinski definition) is 6. The van der Waals surface area contributed by atoms with E-state index in [0.29, 0.717) is 12.2 Å². The van der Waals surface area contributed by atoms with Crippen LogP contribution in [0.3, 0.4) is 0 Å². The maximum absolute atomic E-state index is 11.4. The van der Waals surface area contributed by atoms with Crippen molar-refractivity contribution in [2.75, 3.05) is 13.2 Å². The summed E-state index contributed by atoms with van der Waals surface area (Å²) in [5.74, 6) is 3.76. The van der Waals surface area contributed by atoms with Gasteiger partial charge < -0.3 is 24.8 Å². The van der Waals surface area contributed by atoms with E-state index in [1.807, 2.05) is 13.8 Å². The molecule has 1 aromatic rings. The number of ether oxygens (including phenoxy) is 2. The quantitative estimate of drug-likeness (QED) is 0.0357. The van der Waals surface area contributed by atoms with Gasteiger partial charge in [0.2, 0.25) is 0 Å². The van der Waals surface area contributed by atoms with Gasteiger partial charge in [0, 0.05) is 12.0 Å². The van der Waals surface area contributed by atoms with E-state index in [-0.39, 0.29) is 76.2 Å². The Morgan fingerprint density at radius 1 is 0.656 bits per heavy atom. The Morgan fingerprint density at radius 3 is 1.56 bits per heavy atom. The number of rotatable bonds is 35. The first-order valence-corrected chi connectivity index (χ1v) is 25.7. The second-order valence-electron chi connectivity index (χ2n) is 20.1. The molecule has 1 unspecified atom stereocenters. The SMILES string of the molecule is CCCCCCCCCCCCCCCCCCCCCC(=O)OCC(O)CO.Cc1c(C)c2c(c(C)c1O)CC[C@@](C)(CCC[C@H](C)CCC[C@H](C)CCCC(C)C)O2.[KH]. The van der Waals surface area contributed by atoms with Gasteiger partial charge in [-0.25, -0.2) is 0 Å². The number of carbonyl (C=O) groups is 1. The van der Waals surface area contributed by atoms with Crippen LogP contribution in [0.1, 0.15) is 256 Å². The number of phenols is 1. The van der Waals surface area contributed by atoms with Crippen molar-refractivity contribution in [3.8, 4) is 11.5 Å². The number of carbonyl (C=O) groups excluding carboxylic acids is 1. The average Bonchev–Trinajstić information content (AvgIpc) is 3.22. The van der Waals surface area contributed by atoms with Gasteiger partial charge in [-0.05, 0) is 94.2 Å². The second-order valence-corrected chi connectivity index (χ2v) is 20.1. The second kappa shape index (κ2) is 38.0. The maximum atomic E-state index is 11.4. The Morgan fingerprint density at radius 2 is 1.10 bits per heavy atom. The van der Waals surface area contributed by atoms with Gasteiger partial charge in [0.1, 0.15) is 29.8 Å². The Balaban J connectivity index is 0.00000116. The predicted octanol–water partition coefficient (Wildman–Crippen LogP) is 14.9. The average molecular weight is 885 g/mol. The monoisotopic (exact) mass is 885 g/mol. The van der Waals surface area contributed by atoms with Crippen LogP contribution in [0.4, 0.5) is 0 Å². The molecule has 1 aromatic carbocycles. The summed E-state index contributed by atoms with van der Waals surface area (Å²) in [5.41, 5.74) is 4.23. The molecule has 6 nitrogen and oxygen atoms in total. The van der Waals surface area contributed by atoms with Gasteiger partial charge in [0.05, 0.1) is 6.61 Å². The number of fused-ring (bicyclic) bond motifs is 1. The Labute approximate surface area is 421 Å². The van der Waals surface area contributed by atoms with Crippen molar-refractivity contribution in [2.45, 2.75) is 273 Å². The van der Waals surface area contributed by atoms with E-state index in [1.54, 1.807) is 0 Å². The first-order valence-electron chi connectivity index (χ1n) is 25.7. The summed E-state index contributed by atoms with van der Waals surface area (Å²) in [4.78, 5) is 11.4. The molecule has 1 aliphatic rings. The van der Waals surface area contributed by atoms with E-state index in [0.717, 1.165) is 72.3 Å². The van der Waals surface area contributed by atoms with Crippen LogP contribution in [0.2, 0.25) is 0 Å². The molecule has 354 valence electrons. The molecule has 2 rings (SSSR count). The number of aliphatic hydroxyl groups excluding tert-OH is 2. The third-order valence-corrected chi connectivity index (χ3v) is 13.5. The van der Waals surface area contributed by atoms with Crippen molar-refractivity contribution in [1.82, 2.24) is 0 Å². The van der Waals surface area contributed by atoms with Crippen molar-refractivity contribution in [3.05, 3.63) is 22.3 Å². The van der Waals surface area contributed by atoms with Crippen molar-refractivity contribution >= 4 is 57.4 Å². The molecule has 0 spiro atoms. The zero-order valence-electron chi connectivity index (χ0n) is 41.2. The van der Waals surface area contributed by atoms with Crippen LogP contribution in [0.5, 0.6) is 11.5 Å². The fourth-order valence-corrected chi connectivity index (χ4v) is 8.94. The topological polar surface area (TPSA) is 96.2 Å². The van der Waals surface area contributed by atoms with E-state index in [2.05, 4.69) is 48.5 Å². The summed E-state index contributed by atoms with van der Waals surface area (Å²) in [5, 5.41) is 28.2. The van der Waals surface area contributed by atoms with Gasteiger partial charge in [0.25, 0.3) is 0 Å². The fraction of sp³-hybridized carbons (Fsp3) is 0.870. The van der Waals surface area contributed by atoms with Crippen LogP contribution in [0.15, 0.2) is 0 Å². The zero-order chi connectivity index (χ0) is 44.6. The summed E-state index contributed by atoms with van der Waals surface area (Å²) >= 11 is 0. The number of benzene rings is 1. The molecule has 0 radical (unpaired) electrons. The molecule has 1 aliphatic heterocycles.